The summed E-state index contributed by atoms with van der Waals surface area (Å²) in [6.07, 6.45) is -0.639. The van der Waals surface area contributed by atoms with Gasteiger partial charge >= 0.3 is 5.97 Å². The van der Waals surface area contributed by atoms with Crippen molar-refractivity contribution in [3.63, 3.8) is 0 Å². The summed E-state index contributed by atoms with van der Waals surface area (Å²) in [6, 6.07) is 6.92. The Kier molecular flexibility index (Phi) is 4.28. The van der Waals surface area contributed by atoms with Crippen LogP contribution in [0.3, 0.4) is 0 Å². The molecule has 3 N–H and O–H groups in total. The predicted molar refractivity (Wildman–Crippen MR) is 78.6 cm³/mol. The van der Waals surface area contributed by atoms with Crippen molar-refractivity contribution in [2.75, 3.05) is 5.73 Å². The first-order valence-electron chi connectivity index (χ1n) is 6.18. The van der Waals surface area contributed by atoms with Crippen LogP contribution in [0.1, 0.15) is 34.8 Å². The highest BCUT2D eigenvalue weighted by atomic mass is 35.5. The van der Waals surface area contributed by atoms with E-state index in [1.807, 2.05) is 0 Å². The molecule has 7 heteroatoms. The van der Waals surface area contributed by atoms with Gasteiger partial charge in [-0.15, -0.1) is 0 Å². The number of benzene rings is 1. The van der Waals surface area contributed by atoms with E-state index >= 15 is 0 Å². The van der Waals surface area contributed by atoms with Crippen LogP contribution in [0.4, 0.5) is 5.95 Å². The molecule has 0 spiro atoms. The highest BCUT2D eigenvalue weighted by Crippen LogP contribution is 2.29. The van der Waals surface area contributed by atoms with Crippen molar-refractivity contribution in [1.82, 2.24) is 9.97 Å². The Morgan fingerprint density at radius 1 is 1.38 bits per heavy atom. The Labute approximate surface area is 126 Å². The number of anilines is 1. The molecule has 2 aromatic rings. The van der Waals surface area contributed by atoms with Crippen LogP contribution in [-0.4, -0.2) is 21.0 Å². The summed E-state index contributed by atoms with van der Waals surface area (Å²) in [5.41, 5.74) is 6.09. The quantitative estimate of drug-likeness (QED) is 0.901. The molecule has 0 saturated heterocycles. The van der Waals surface area contributed by atoms with Crippen molar-refractivity contribution in [2.45, 2.75) is 20.0 Å². The van der Waals surface area contributed by atoms with Gasteiger partial charge in [-0.05, 0) is 26.0 Å². The van der Waals surface area contributed by atoms with E-state index < -0.39 is 12.1 Å². The minimum absolute atomic E-state index is 0.00195. The second-order valence-electron chi connectivity index (χ2n) is 4.42. The van der Waals surface area contributed by atoms with Crippen LogP contribution in [-0.2, 0) is 0 Å². The SMILES string of the molecule is Cc1nc(N)nc(C(C)Oc2ccccc2Cl)c1C(=O)O. The Morgan fingerprint density at radius 2 is 2.05 bits per heavy atom. The number of carboxylic acids is 1. The number of hydrogen-bond donors (Lipinski definition) is 2. The number of nitrogens with zero attached hydrogens (tertiary/aromatic N) is 2. The lowest BCUT2D eigenvalue weighted by Crippen LogP contribution is -2.17. The number of ether oxygens (including phenoxy) is 1. The third kappa shape index (κ3) is 3.22. The van der Waals surface area contributed by atoms with Gasteiger partial charge in [-0.1, -0.05) is 23.7 Å². The molecule has 1 atom stereocenters. The molecule has 6 nitrogen and oxygen atoms in total. The lowest BCUT2D eigenvalue weighted by molar-refractivity contribution is 0.0689. The Hall–Kier alpha value is -2.34. The molecular formula is C14H14ClN3O3. The van der Waals surface area contributed by atoms with E-state index in [9.17, 15) is 9.90 Å². The zero-order valence-electron chi connectivity index (χ0n) is 11.5. The molecule has 0 amide bonds. The van der Waals surface area contributed by atoms with Crippen LogP contribution in [0.5, 0.6) is 5.75 Å². The van der Waals surface area contributed by atoms with Crippen molar-refractivity contribution >= 4 is 23.5 Å². The fraction of sp³-hybridized carbons (Fsp3) is 0.214. The number of nitrogens with two attached hydrogens (primary N) is 1. The first-order valence-corrected chi connectivity index (χ1v) is 6.56. The summed E-state index contributed by atoms with van der Waals surface area (Å²) >= 11 is 6.02. The number of para-hydroxylation sites is 1. The Morgan fingerprint density at radius 3 is 2.67 bits per heavy atom. The number of nitrogen functional groups attached to an aromatic ring is 1. The van der Waals surface area contributed by atoms with Gasteiger partial charge < -0.3 is 15.6 Å². The maximum absolute atomic E-state index is 11.4. The summed E-state index contributed by atoms with van der Waals surface area (Å²) in [4.78, 5) is 19.2. The molecule has 0 aliphatic rings. The van der Waals surface area contributed by atoms with Gasteiger partial charge in [-0.3, -0.25) is 0 Å². The number of hydrogen-bond acceptors (Lipinski definition) is 5. The fourth-order valence-corrected chi connectivity index (χ4v) is 2.14. The van der Waals surface area contributed by atoms with E-state index in [1.165, 1.54) is 0 Å². The largest absolute Gasteiger partial charge is 0.483 e. The molecule has 0 fully saturated rings. The molecule has 2 rings (SSSR count). The van der Waals surface area contributed by atoms with Gasteiger partial charge in [-0.25, -0.2) is 14.8 Å². The smallest absolute Gasteiger partial charge is 0.339 e. The number of halogens is 1. The van der Waals surface area contributed by atoms with E-state index in [4.69, 9.17) is 22.1 Å². The molecule has 21 heavy (non-hydrogen) atoms. The van der Waals surface area contributed by atoms with Gasteiger partial charge in [-0.2, -0.15) is 0 Å². The second-order valence-corrected chi connectivity index (χ2v) is 4.83. The van der Waals surface area contributed by atoms with Crippen molar-refractivity contribution in [2.24, 2.45) is 0 Å². The standard InChI is InChI=1S/C14H14ClN3O3/c1-7-11(13(19)20)12(18-14(16)17-7)8(2)21-10-6-4-3-5-9(10)15/h3-6,8H,1-2H3,(H,19,20)(H2,16,17,18). The van der Waals surface area contributed by atoms with Gasteiger partial charge in [0.15, 0.2) is 0 Å². The minimum atomic E-state index is -1.13. The average Bonchev–Trinajstić information content (AvgIpc) is 2.39. The van der Waals surface area contributed by atoms with Crippen molar-refractivity contribution in [1.29, 1.82) is 0 Å². The van der Waals surface area contributed by atoms with E-state index in [0.29, 0.717) is 16.5 Å². The van der Waals surface area contributed by atoms with E-state index in [2.05, 4.69) is 9.97 Å². The topological polar surface area (TPSA) is 98.3 Å². The van der Waals surface area contributed by atoms with Crippen LogP contribution in [0.2, 0.25) is 5.02 Å². The lowest BCUT2D eigenvalue weighted by atomic mass is 10.1. The highest BCUT2D eigenvalue weighted by molar-refractivity contribution is 6.32. The fourth-order valence-electron chi connectivity index (χ4n) is 1.96. The molecule has 0 bridgehead atoms. The number of carboxylic acid groups (broad SMARTS) is 1. The third-order valence-corrected chi connectivity index (χ3v) is 3.19. The maximum Gasteiger partial charge on any atom is 0.339 e. The number of carbonyl (C=O) groups is 1. The summed E-state index contributed by atoms with van der Waals surface area (Å²) < 4.78 is 5.69. The van der Waals surface area contributed by atoms with Crippen LogP contribution < -0.4 is 10.5 Å². The molecule has 0 saturated carbocycles. The monoisotopic (exact) mass is 307 g/mol. The zero-order valence-corrected chi connectivity index (χ0v) is 12.3. The van der Waals surface area contributed by atoms with E-state index in [-0.39, 0.29) is 17.2 Å². The van der Waals surface area contributed by atoms with Gasteiger partial charge in [0.2, 0.25) is 5.95 Å². The number of aromatic carboxylic acids is 1. The van der Waals surface area contributed by atoms with Crippen molar-refractivity contribution in [3.8, 4) is 5.75 Å². The Bertz CT molecular complexity index is 691. The summed E-state index contributed by atoms with van der Waals surface area (Å²) in [5.74, 6) is -0.683. The molecule has 0 aliphatic heterocycles. The molecule has 110 valence electrons. The van der Waals surface area contributed by atoms with Gasteiger partial charge in [0.05, 0.1) is 10.7 Å². The van der Waals surface area contributed by atoms with E-state index in [0.717, 1.165) is 0 Å². The predicted octanol–water partition coefficient (Wildman–Crippen LogP) is 2.86. The molecule has 1 unspecified atom stereocenters. The van der Waals surface area contributed by atoms with E-state index in [1.54, 1.807) is 38.1 Å². The number of aromatic nitrogens is 2. The third-order valence-electron chi connectivity index (χ3n) is 2.87. The maximum atomic E-state index is 11.4. The van der Waals surface area contributed by atoms with Crippen LogP contribution in [0.15, 0.2) is 24.3 Å². The Balaban J connectivity index is 2.41. The average molecular weight is 308 g/mol. The normalized spacial score (nSPS) is 12.0. The zero-order chi connectivity index (χ0) is 15.6. The lowest BCUT2D eigenvalue weighted by Gasteiger charge is -2.18. The summed E-state index contributed by atoms with van der Waals surface area (Å²) in [5, 5.41) is 9.74. The molecule has 0 aliphatic carbocycles. The van der Waals surface area contributed by atoms with Gasteiger partial charge in [0, 0.05) is 0 Å². The van der Waals surface area contributed by atoms with Gasteiger partial charge in [0.25, 0.3) is 0 Å². The highest BCUT2D eigenvalue weighted by Gasteiger charge is 2.23. The molecular weight excluding hydrogens is 294 g/mol. The molecule has 0 radical (unpaired) electrons. The summed E-state index contributed by atoms with van der Waals surface area (Å²) in [7, 11) is 0. The van der Waals surface area contributed by atoms with Crippen LogP contribution in [0, 0.1) is 6.92 Å². The number of aryl methyl sites for hydroxylation is 1. The summed E-state index contributed by atoms with van der Waals surface area (Å²) in [6.45, 7) is 3.24. The van der Waals surface area contributed by atoms with Crippen molar-refractivity contribution in [3.05, 3.63) is 46.2 Å². The molecule has 1 aromatic carbocycles. The van der Waals surface area contributed by atoms with Gasteiger partial charge in [0.1, 0.15) is 23.1 Å². The first kappa shape index (κ1) is 15.1. The minimum Gasteiger partial charge on any atom is -0.483 e. The number of rotatable bonds is 4. The second kappa shape index (κ2) is 5.97. The molecule has 1 aromatic heterocycles. The van der Waals surface area contributed by atoms with Crippen LogP contribution >= 0.6 is 11.6 Å². The van der Waals surface area contributed by atoms with Crippen molar-refractivity contribution < 1.29 is 14.6 Å². The van der Waals surface area contributed by atoms with Crippen LogP contribution in [0.25, 0.3) is 0 Å². The first-order chi connectivity index (χ1) is 9.90. The molecule has 1 heterocycles.